The van der Waals surface area contributed by atoms with E-state index in [-0.39, 0.29) is 28.6 Å². The molecule has 0 spiro atoms. The molecule has 0 fully saturated rings. The van der Waals surface area contributed by atoms with Crippen molar-refractivity contribution in [3.63, 3.8) is 0 Å². The predicted octanol–water partition coefficient (Wildman–Crippen LogP) is 2.95. The minimum absolute atomic E-state index is 0.0492. The number of hydrogen-bond acceptors (Lipinski definition) is 7. The number of carbonyl (C=O) groups is 1. The van der Waals surface area contributed by atoms with Gasteiger partial charge in [0.2, 0.25) is 5.76 Å². The molecule has 160 valence electrons. The fourth-order valence-electron chi connectivity index (χ4n) is 3.03. The second kappa shape index (κ2) is 7.84. The molecule has 1 aromatic carbocycles. The number of nitrogens with zero attached hydrogens (tertiary/aromatic N) is 4. The number of aryl methyl sites for hydroxylation is 1. The SMILES string of the molecule is COC(=O)c1ccc(CN(c2cccc(F)c2)S(=O)(=O)c2ccc3nnc(C)n3c2)o1. The number of furan rings is 1. The van der Waals surface area contributed by atoms with Crippen molar-refractivity contribution in [2.45, 2.75) is 18.4 Å². The highest BCUT2D eigenvalue weighted by Crippen LogP contribution is 2.27. The lowest BCUT2D eigenvalue weighted by atomic mass is 10.3. The normalized spacial score (nSPS) is 11.6. The maximum Gasteiger partial charge on any atom is 0.373 e. The first-order valence-electron chi connectivity index (χ1n) is 9.06. The number of benzene rings is 1. The molecule has 0 aliphatic carbocycles. The highest BCUT2D eigenvalue weighted by atomic mass is 32.2. The molecule has 0 aliphatic rings. The fraction of sp³-hybridized carbons (Fsp3) is 0.150. The first-order chi connectivity index (χ1) is 14.8. The van der Waals surface area contributed by atoms with Crippen molar-refractivity contribution in [3.05, 3.63) is 77.9 Å². The molecule has 0 unspecified atom stereocenters. The highest BCUT2D eigenvalue weighted by molar-refractivity contribution is 7.92. The maximum absolute atomic E-state index is 13.9. The summed E-state index contributed by atoms with van der Waals surface area (Å²) < 4.78 is 53.6. The summed E-state index contributed by atoms with van der Waals surface area (Å²) >= 11 is 0. The molecule has 0 amide bonds. The molecule has 0 saturated heterocycles. The van der Waals surface area contributed by atoms with Crippen molar-refractivity contribution in [1.29, 1.82) is 0 Å². The van der Waals surface area contributed by atoms with Crippen LogP contribution in [0.5, 0.6) is 0 Å². The van der Waals surface area contributed by atoms with Crippen molar-refractivity contribution < 1.29 is 26.8 Å². The number of rotatable bonds is 6. The number of halogens is 1. The molecule has 4 rings (SSSR count). The molecule has 0 aliphatic heterocycles. The molecule has 3 aromatic heterocycles. The van der Waals surface area contributed by atoms with Gasteiger partial charge in [0.05, 0.1) is 19.3 Å². The van der Waals surface area contributed by atoms with E-state index in [1.165, 1.54) is 55.8 Å². The van der Waals surface area contributed by atoms with Gasteiger partial charge in [0, 0.05) is 6.20 Å². The van der Waals surface area contributed by atoms with E-state index in [4.69, 9.17) is 4.42 Å². The van der Waals surface area contributed by atoms with Crippen LogP contribution in [0.3, 0.4) is 0 Å². The maximum atomic E-state index is 13.9. The van der Waals surface area contributed by atoms with Crippen molar-refractivity contribution in [2.24, 2.45) is 0 Å². The number of esters is 1. The van der Waals surface area contributed by atoms with Gasteiger partial charge in [0.15, 0.2) is 5.65 Å². The number of carbonyl (C=O) groups excluding carboxylic acids is 1. The Hall–Kier alpha value is -3.73. The van der Waals surface area contributed by atoms with Gasteiger partial charge in [-0.25, -0.2) is 17.6 Å². The molecular weight excluding hydrogens is 427 g/mol. The van der Waals surface area contributed by atoms with Gasteiger partial charge in [0.25, 0.3) is 10.0 Å². The molecule has 0 saturated carbocycles. The highest BCUT2D eigenvalue weighted by Gasteiger charge is 2.28. The van der Waals surface area contributed by atoms with Gasteiger partial charge in [-0.05, 0) is 49.4 Å². The number of aromatic nitrogens is 3. The van der Waals surface area contributed by atoms with Crippen LogP contribution in [-0.4, -0.2) is 36.1 Å². The number of methoxy groups -OCH3 is 1. The predicted molar refractivity (Wildman–Crippen MR) is 108 cm³/mol. The zero-order valence-electron chi connectivity index (χ0n) is 16.5. The van der Waals surface area contributed by atoms with Crippen molar-refractivity contribution in [2.75, 3.05) is 11.4 Å². The summed E-state index contributed by atoms with van der Waals surface area (Å²) in [5.41, 5.74) is 0.583. The number of pyridine rings is 1. The third kappa shape index (κ3) is 3.87. The molecule has 4 aromatic rings. The van der Waals surface area contributed by atoms with Crippen LogP contribution in [0, 0.1) is 12.7 Å². The third-order valence-electron chi connectivity index (χ3n) is 4.58. The summed E-state index contributed by atoms with van der Waals surface area (Å²) in [6, 6.07) is 10.9. The molecule has 31 heavy (non-hydrogen) atoms. The van der Waals surface area contributed by atoms with Crippen LogP contribution in [0.4, 0.5) is 10.1 Å². The van der Waals surface area contributed by atoms with Crippen LogP contribution in [0.15, 0.2) is 64.0 Å². The summed E-state index contributed by atoms with van der Waals surface area (Å²) in [5, 5.41) is 7.87. The number of sulfonamides is 1. The molecule has 0 radical (unpaired) electrons. The summed E-state index contributed by atoms with van der Waals surface area (Å²) in [5.74, 6) is -0.680. The Kier molecular flexibility index (Phi) is 5.19. The lowest BCUT2D eigenvalue weighted by molar-refractivity contribution is 0.0563. The molecule has 0 atom stereocenters. The molecule has 9 nitrogen and oxygen atoms in total. The second-order valence-electron chi connectivity index (χ2n) is 6.59. The van der Waals surface area contributed by atoms with Gasteiger partial charge in [-0.15, -0.1) is 10.2 Å². The summed E-state index contributed by atoms with van der Waals surface area (Å²) in [7, 11) is -2.95. The standard InChI is InChI=1S/C20H17FN4O5S/c1-13-22-23-19-9-7-17(12-24(13)19)31(27,28)25(15-5-3-4-14(21)10-15)11-16-6-8-18(30-16)20(26)29-2/h3-10,12H,11H2,1-2H3. The quantitative estimate of drug-likeness (QED) is 0.421. The van der Waals surface area contributed by atoms with Gasteiger partial charge in [-0.2, -0.15) is 0 Å². The smallest absolute Gasteiger partial charge is 0.373 e. The first-order valence-corrected chi connectivity index (χ1v) is 10.5. The van der Waals surface area contributed by atoms with Gasteiger partial charge >= 0.3 is 5.97 Å². The number of ether oxygens (including phenoxy) is 1. The Morgan fingerprint density at radius 3 is 2.74 bits per heavy atom. The Morgan fingerprint density at radius 2 is 2.00 bits per heavy atom. The van der Waals surface area contributed by atoms with E-state index in [1.807, 2.05) is 0 Å². The fourth-order valence-corrected chi connectivity index (χ4v) is 4.45. The van der Waals surface area contributed by atoms with Gasteiger partial charge in [-0.1, -0.05) is 6.07 Å². The summed E-state index contributed by atoms with van der Waals surface area (Å²) in [6.07, 6.45) is 1.40. The second-order valence-corrected chi connectivity index (χ2v) is 8.45. The van der Waals surface area contributed by atoms with Crippen LogP contribution >= 0.6 is 0 Å². The Bertz CT molecular complexity index is 1380. The Balaban J connectivity index is 1.79. The molecular formula is C20H17FN4O5S. The zero-order chi connectivity index (χ0) is 22.2. The lowest BCUT2D eigenvalue weighted by Gasteiger charge is -2.23. The molecule has 3 heterocycles. The van der Waals surface area contributed by atoms with E-state index < -0.39 is 21.8 Å². The van der Waals surface area contributed by atoms with Crippen LogP contribution in [0.1, 0.15) is 22.1 Å². The molecule has 11 heteroatoms. The number of fused-ring (bicyclic) bond motifs is 1. The van der Waals surface area contributed by atoms with E-state index in [0.29, 0.717) is 11.5 Å². The largest absolute Gasteiger partial charge is 0.463 e. The van der Waals surface area contributed by atoms with E-state index in [2.05, 4.69) is 14.9 Å². The van der Waals surface area contributed by atoms with Crippen molar-refractivity contribution >= 4 is 27.3 Å². The van der Waals surface area contributed by atoms with Gasteiger partial charge < -0.3 is 9.15 Å². The first kappa shape index (κ1) is 20.5. The van der Waals surface area contributed by atoms with Crippen LogP contribution < -0.4 is 4.31 Å². The lowest BCUT2D eigenvalue weighted by Crippen LogP contribution is -2.30. The molecule has 0 bridgehead atoms. The van der Waals surface area contributed by atoms with Gasteiger partial charge in [-0.3, -0.25) is 8.71 Å². The third-order valence-corrected chi connectivity index (χ3v) is 6.33. The van der Waals surface area contributed by atoms with Crippen molar-refractivity contribution in [1.82, 2.24) is 14.6 Å². The number of hydrogen-bond donors (Lipinski definition) is 0. The summed E-state index contributed by atoms with van der Waals surface area (Å²) in [4.78, 5) is 11.6. The van der Waals surface area contributed by atoms with E-state index in [0.717, 1.165) is 10.4 Å². The molecule has 0 N–H and O–H groups in total. The minimum atomic E-state index is -4.16. The Morgan fingerprint density at radius 1 is 1.19 bits per heavy atom. The van der Waals surface area contributed by atoms with Crippen LogP contribution in [0.25, 0.3) is 5.65 Å². The van der Waals surface area contributed by atoms with Crippen LogP contribution in [-0.2, 0) is 21.3 Å². The van der Waals surface area contributed by atoms with Crippen LogP contribution in [0.2, 0.25) is 0 Å². The average molecular weight is 444 g/mol. The summed E-state index contributed by atoms with van der Waals surface area (Å²) in [6.45, 7) is 1.42. The monoisotopic (exact) mass is 444 g/mol. The van der Waals surface area contributed by atoms with E-state index in [1.54, 1.807) is 11.3 Å². The number of anilines is 1. The van der Waals surface area contributed by atoms with E-state index in [9.17, 15) is 17.6 Å². The Labute approximate surface area is 176 Å². The van der Waals surface area contributed by atoms with Gasteiger partial charge in [0.1, 0.15) is 22.3 Å². The zero-order valence-corrected chi connectivity index (χ0v) is 17.3. The minimum Gasteiger partial charge on any atom is -0.463 e. The average Bonchev–Trinajstić information content (AvgIpc) is 3.38. The van der Waals surface area contributed by atoms with E-state index >= 15 is 0 Å². The van der Waals surface area contributed by atoms with Crippen molar-refractivity contribution in [3.8, 4) is 0 Å². The topological polar surface area (TPSA) is 107 Å².